The van der Waals surface area contributed by atoms with E-state index >= 15 is 0 Å². The Morgan fingerprint density at radius 1 is 1.21 bits per heavy atom. The predicted molar refractivity (Wildman–Crippen MR) is 76.3 cm³/mol. The van der Waals surface area contributed by atoms with E-state index in [4.69, 9.17) is 0 Å². The highest BCUT2D eigenvalue weighted by molar-refractivity contribution is 7.89. The highest BCUT2D eigenvalue weighted by atomic mass is 32.2. The summed E-state index contributed by atoms with van der Waals surface area (Å²) >= 11 is 0. The second kappa shape index (κ2) is 6.32. The molecule has 0 radical (unpaired) electrons. The number of hydrogen-bond donors (Lipinski definition) is 1. The smallest absolute Gasteiger partial charge is 0.243 e. The maximum Gasteiger partial charge on any atom is 0.243 e. The molecule has 5 heteroatoms. The molecule has 2 rings (SSSR count). The van der Waals surface area contributed by atoms with Gasteiger partial charge in [0.25, 0.3) is 0 Å². The van der Waals surface area contributed by atoms with Gasteiger partial charge in [-0.3, -0.25) is 0 Å². The molecule has 1 aliphatic rings. The number of nitrogens with zero attached hydrogens (tertiary/aromatic N) is 1. The molecule has 1 aromatic rings. The molecule has 0 saturated carbocycles. The van der Waals surface area contributed by atoms with Crippen LogP contribution in [0.4, 0.5) is 0 Å². The summed E-state index contributed by atoms with van der Waals surface area (Å²) in [5, 5.41) is 3.22. The fraction of sp³-hybridized carbons (Fsp3) is 0.429. The van der Waals surface area contributed by atoms with Crippen LogP contribution in [0.1, 0.15) is 18.9 Å². The summed E-state index contributed by atoms with van der Waals surface area (Å²) in [4.78, 5) is 0.378. The van der Waals surface area contributed by atoms with E-state index in [1.165, 1.54) is 4.31 Å². The third-order valence-electron chi connectivity index (χ3n) is 3.16. The first-order valence-electron chi connectivity index (χ1n) is 6.59. The van der Waals surface area contributed by atoms with Gasteiger partial charge in [-0.05, 0) is 30.7 Å². The summed E-state index contributed by atoms with van der Waals surface area (Å²) in [6.07, 6.45) is 4.71. The van der Waals surface area contributed by atoms with Crippen molar-refractivity contribution in [3.05, 3.63) is 42.0 Å². The van der Waals surface area contributed by atoms with Crippen molar-refractivity contribution in [3.63, 3.8) is 0 Å². The zero-order valence-corrected chi connectivity index (χ0v) is 12.0. The van der Waals surface area contributed by atoms with E-state index in [1.54, 1.807) is 12.1 Å². The molecule has 19 heavy (non-hydrogen) atoms. The van der Waals surface area contributed by atoms with Gasteiger partial charge >= 0.3 is 0 Å². The molecular formula is C14H20N2O2S. The van der Waals surface area contributed by atoms with Crippen LogP contribution in [0.25, 0.3) is 0 Å². The van der Waals surface area contributed by atoms with E-state index in [1.807, 2.05) is 31.2 Å². The Morgan fingerprint density at radius 3 is 2.53 bits per heavy atom. The lowest BCUT2D eigenvalue weighted by atomic mass is 10.2. The largest absolute Gasteiger partial charge is 0.313 e. The van der Waals surface area contributed by atoms with Crippen molar-refractivity contribution in [2.75, 3.05) is 19.6 Å². The minimum atomic E-state index is -3.34. The number of hydrogen-bond acceptors (Lipinski definition) is 3. The second-order valence-corrected chi connectivity index (χ2v) is 6.49. The minimum absolute atomic E-state index is 0.378. The van der Waals surface area contributed by atoms with Gasteiger partial charge in [-0.25, -0.2) is 8.42 Å². The lowest BCUT2D eigenvalue weighted by Gasteiger charge is -2.22. The number of rotatable bonds is 5. The van der Waals surface area contributed by atoms with Gasteiger partial charge in [-0.1, -0.05) is 31.2 Å². The van der Waals surface area contributed by atoms with E-state index in [2.05, 4.69) is 5.32 Å². The first-order chi connectivity index (χ1) is 9.14. The molecule has 1 N–H and O–H groups in total. The molecular weight excluding hydrogens is 260 g/mol. The van der Waals surface area contributed by atoms with Crippen LogP contribution in [0, 0.1) is 0 Å². The molecule has 0 fully saturated rings. The summed E-state index contributed by atoms with van der Waals surface area (Å²) in [6, 6.07) is 7.13. The van der Waals surface area contributed by atoms with Crippen molar-refractivity contribution in [1.29, 1.82) is 0 Å². The highest BCUT2D eigenvalue weighted by Gasteiger charge is 2.23. The quantitative estimate of drug-likeness (QED) is 0.836. The third-order valence-corrected chi connectivity index (χ3v) is 5.04. The average Bonchev–Trinajstić information content (AvgIpc) is 2.46. The Kier molecular flexibility index (Phi) is 4.74. The summed E-state index contributed by atoms with van der Waals surface area (Å²) < 4.78 is 26.3. The van der Waals surface area contributed by atoms with E-state index in [0.29, 0.717) is 18.0 Å². The van der Waals surface area contributed by atoms with Gasteiger partial charge in [-0.15, -0.1) is 0 Å². The van der Waals surface area contributed by atoms with Crippen molar-refractivity contribution in [2.45, 2.75) is 24.8 Å². The molecule has 0 amide bonds. The van der Waals surface area contributed by atoms with Crippen molar-refractivity contribution in [1.82, 2.24) is 9.62 Å². The highest BCUT2D eigenvalue weighted by Crippen LogP contribution is 2.18. The molecule has 1 heterocycles. The topological polar surface area (TPSA) is 49.4 Å². The molecule has 0 saturated heterocycles. The first-order valence-corrected chi connectivity index (χ1v) is 8.03. The molecule has 4 nitrogen and oxygen atoms in total. The SMILES string of the molecule is CCNCc1ccc(S(=O)(=O)N2CC=CCC2)cc1. The van der Waals surface area contributed by atoms with Gasteiger partial charge in [0, 0.05) is 19.6 Å². The Bertz CT molecular complexity index is 535. The van der Waals surface area contributed by atoms with Crippen LogP contribution in [0.15, 0.2) is 41.3 Å². The normalized spacial score (nSPS) is 16.7. The molecule has 104 valence electrons. The second-order valence-electron chi connectivity index (χ2n) is 4.55. The van der Waals surface area contributed by atoms with Gasteiger partial charge in [-0.2, -0.15) is 4.31 Å². The molecule has 1 aliphatic heterocycles. The molecule has 0 bridgehead atoms. The van der Waals surface area contributed by atoms with Crippen LogP contribution in [0.3, 0.4) is 0 Å². The Labute approximate surface area is 115 Å². The van der Waals surface area contributed by atoms with Gasteiger partial charge in [0.1, 0.15) is 0 Å². The predicted octanol–water partition coefficient (Wildman–Crippen LogP) is 1.75. The van der Waals surface area contributed by atoms with Crippen molar-refractivity contribution in [2.24, 2.45) is 0 Å². The summed E-state index contributed by atoms with van der Waals surface area (Å²) in [7, 11) is -3.34. The maximum atomic E-state index is 12.4. The van der Waals surface area contributed by atoms with Crippen LogP contribution >= 0.6 is 0 Å². The van der Waals surface area contributed by atoms with Gasteiger partial charge < -0.3 is 5.32 Å². The number of sulfonamides is 1. The molecule has 0 atom stereocenters. The Hall–Kier alpha value is -1.17. The summed E-state index contributed by atoms with van der Waals surface area (Å²) in [5.41, 5.74) is 1.10. The van der Waals surface area contributed by atoms with E-state index in [-0.39, 0.29) is 0 Å². The fourth-order valence-corrected chi connectivity index (χ4v) is 3.44. The van der Waals surface area contributed by atoms with Crippen LogP contribution in [-0.4, -0.2) is 32.4 Å². The van der Waals surface area contributed by atoms with Crippen LogP contribution in [0.2, 0.25) is 0 Å². The summed E-state index contributed by atoms with van der Waals surface area (Å²) in [6.45, 7) is 4.76. The number of benzene rings is 1. The molecule has 0 unspecified atom stereocenters. The van der Waals surface area contributed by atoms with E-state index < -0.39 is 10.0 Å². The monoisotopic (exact) mass is 280 g/mol. The summed E-state index contributed by atoms with van der Waals surface area (Å²) in [5.74, 6) is 0. The standard InChI is InChI=1S/C14H20N2O2S/c1-2-15-12-13-6-8-14(9-7-13)19(17,18)16-10-4-3-5-11-16/h3-4,6-9,15H,2,5,10-12H2,1H3. The fourth-order valence-electron chi connectivity index (χ4n) is 2.04. The van der Waals surface area contributed by atoms with E-state index in [9.17, 15) is 8.42 Å². The van der Waals surface area contributed by atoms with Crippen molar-refractivity contribution >= 4 is 10.0 Å². The lowest BCUT2D eigenvalue weighted by Crippen LogP contribution is -2.33. The van der Waals surface area contributed by atoms with E-state index in [0.717, 1.165) is 25.1 Å². The van der Waals surface area contributed by atoms with Gasteiger partial charge in [0.15, 0.2) is 0 Å². The lowest BCUT2D eigenvalue weighted by molar-refractivity contribution is 0.437. The van der Waals surface area contributed by atoms with Crippen molar-refractivity contribution < 1.29 is 8.42 Å². The zero-order chi connectivity index (χ0) is 13.7. The number of nitrogens with one attached hydrogen (secondary N) is 1. The first kappa shape index (κ1) is 14.2. The van der Waals surface area contributed by atoms with Crippen molar-refractivity contribution in [3.8, 4) is 0 Å². The molecule has 1 aromatic carbocycles. The zero-order valence-electron chi connectivity index (χ0n) is 11.2. The Balaban J connectivity index is 2.14. The third kappa shape index (κ3) is 3.43. The Morgan fingerprint density at radius 2 is 1.95 bits per heavy atom. The molecule has 0 aromatic heterocycles. The van der Waals surface area contributed by atoms with Gasteiger partial charge in [0.2, 0.25) is 10.0 Å². The van der Waals surface area contributed by atoms with Crippen LogP contribution in [0.5, 0.6) is 0 Å². The van der Waals surface area contributed by atoms with Gasteiger partial charge in [0.05, 0.1) is 4.90 Å². The average molecular weight is 280 g/mol. The van der Waals surface area contributed by atoms with Crippen LogP contribution in [-0.2, 0) is 16.6 Å². The maximum absolute atomic E-state index is 12.4. The minimum Gasteiger partial charge on any atom is -0.313 e. The molecule has 0 aliphatic carbocycles. The van der Waals surface area contributed by atoms with Crippen LogP contribution < -0.4 is 5.32 Å². The molecule has 0 spiro atoms.